The molecule has 0 fully saturated rings. The van der Waals surface area contributed by atoms with Crippen LogP contribution in [0.3, 0.4) is 0 Å². The van der Waals surface area contributed by atoms with Gasteiger partial charge >= 0.3 is 0 Å². The maximum absolute atomic E-state index is 12.0. The van der Waals surface area contributed by atoms with Crippen molar-refractivity contribution in [3.05, 3.63) is 52.2 Å². The average Bonchev–Trinajstić information content (AvgIpc) is 2.92. The highest BCUT2D eigenvalue weighted by Crippen LogP contribution is 2.16. The van der Waals surface area contributed by atoms with Crippen LogP contribution >= 0.6 is 11.3 Å². The molecule has 1 heterocycles. The van der Waals surface area contributed by atoms with Crippen LogP contribution in [-0.2, 0) is 6.42 Å². The van der Waals surface area contributed by atoms with Crippen molar-refractivity contribution in [2.45, 2.75) is 19.3 Å². The van der Waals surface area contributed by atoms with Crippen molar-refractivity contribution >= 4 is 17.1 Å². The summed E-state index contributed by atoms with van der Waals surface area (Å²) in [5.74, 6) is 0.921. The molecule has 0 aliphatic carbocycles. The molecule has 1 aromatic carbocycles. The lowest BCUT2D eigenvalue weighted by molar-refractivity contribution is 0.0980. The van der Waals surface area contributed by atoms with E-state index in [9.17, 15) is 4.79 Å². The van der Waals surface area contributed by atoms with Crippen LogP contribution in [0.4, 0.5) is 0 Å². The highest BCUT2D eigenvalue weighted by atomic mass is 32.1. The smallest absolute Gasteiger partial charge is 0.163 e. The molecule has 2 nitrogen and oxygen atoms in total. The van der Waals surface area contributed by atoms with Gasteiger partial charge in [0, 0.05) is 16.9 Å². The highest BCUT2D eigenvalue weighted by Gasteiger charge is 2.06. The first-order chi connectivity index (χ1) is 8.79. The van der Waals surface area contributed by atoms with Gasteiger partial charge in [0.2, 0.25) is 0 Å². The highest BCUT2D eigenvalue weighted by molar-refractivity contribution is 7.09. The molecule has 2 rings (SSSR count). The van der Waals surface area contributed by atoms with Crippen LogP contribution < -0.4 is 4.74 Å². The third-order valence-electron chi connectivity index (χ3n) is 2.80. The number of thiophene rings is 1. The van der Waals surface area contributed by atoms with Crippen LogP contribution in [0.1, 0.15) is 28.1 Å². The molecule has 0 spiro atoms. The molecule has 18 heavy (non-hydrogen) atoms. The number of rotatable bonds is 6. The summed E-state index contributed by atoms with van der Waals surface area (Å²) in [7, 11) is 1.61. The van der Waals surface area contributed by atoms with Crippen molar-refractivity contribution in [1.82, 2.24) is 0 Å². The first-order valence-electron chi connectivity index (χ1n) is 5.99. The van der Waals surface area contributed by atoms with Gasteiger partial charge in [-0.1, -0.05) is 18.2 Å². The minimum atomic E-state index is 0.186. The van der Waals surface area contributed by atoms with E-state index < -0.39 is 0 Å². The van der Waals surface area contributed by atoms with Crippen molar-refractivity contribution in [1.29, 1.82) is 0 Å². The van der Waals surface area contributed by atoms with E-state index in [1.807, 2.05) is 24.3 Å². The normalized spacial score (nSPS) is 10.3. The lowest BCUT2D eigenvalue weighted by Crippen LogP contribution is -2.00. The van der Waals surface area contributed by atoms with Gasteiger partial charge < -0.3 is 4.74 Å². The molecule has 0 amide bonds. The van der Waals surface area contributed by atoms with E-state index in [1.165, 1.54) is 4.88 Å². The zero-order valence-corrected chi connectivity index (χ0v) is 11.2. The maximum atomic E-state index is 12.0. The summed E-state index contributed by atoms with van der Waals surface area (Å²) in [6.45, 7) is 0. The number of benzene rings is 1. The summed E-state index contributed by atoms with van der Waals surface area (Å²) in [6, 6.07) is 11.5. The number of hydrogen-bond acceptors (Lipinski definition) is 3. The number of Topliss-reactive ketones (excluding diaryl/α,β-unsaturated/α-hetero) is 1. The molecule has 0 bridgehead atoms. The maximum Gasteiger partial charge on any atom is 0.163 e. The fraction of sp³-hybridized carbons (Fsp3) is 0.267. The first-order valence-corrected chi connectivity index (χ1v) is 6.87. The summed E-state index contributed by atoms with van der Waals surface area (Å²) in [5, 5.41) is 2.07. The molecule has 1 aromatic heterocycles. The molecule has 0 unspecified atom stereocenters. The van der Waals surface area contributed by atoms with Crippen molar-refractivity contribution in [2.24, 2.45) is 0 Å². The Bertz CT molecular complexity index is 503. The quantitative estimate of drug-likeness (QED) is 0.735. The van der Waals surface area contributed by atoms with Gasteiger partial charge in [-0.25, -0.2) is 0 Å². The lowest BCUT2D eigenvalue weighted by atomic mass is 10.0. The molecule has 0 radical (unpaired) electrons. The van der Waals surface area contributed by atoms with Gasteiger partial charge in [0.05, 0.1) is 7.11 Å². The van der Waals surface area contributed by atoms with Crippen molar-refractivity contribution in [3.8, 4) is 5.75 Å². The number of hydrogen-bond donors (Lipinski definition) is 0. The molecule has 0 N–H and O–H groups in total. The largest absolute Gasteiger partial charge is 0.497 e. The second-order valence-electron chi connectivity index (χ2n) is 4.09. The lowest BCUT2D eigenvalue weighted by Gasteiger charge is -2.03. The summed E-state index contributed by atoms with van der Waals surface area (Å²) < 4.78 is 5.12. The summed E-state index contributed by atoms with van der Waals surface area (Å²) in [5.41, 5.74) is 0.737. The van der Waals surface area contributed by atoms with Gasteiger partial charge in [-0.05, 0) is 36.4 Å². The van der Waals surface area contributed by atoms with E-state index in [0.29, 0.717) is 6.42 Å². The number of methoxy groups -OCH3 is 1. The van der Waals surface area contributed by atoms with Crippen LogP contribution in [0.2, 0.25) is 0 Å². The van der Waals surface area contributed by atoms with Gasteiger partial charge in [0.15, 0.2) is 5.78 Å². The second kappa shape index (κ2) is 6.36. The van der Waals surface area contributed by atoms with E-state index in [1.54, 1.807) is 24.5 Å². The summed E-state index contributed by atoms with van der Waals surface area (Å²) in [4.78, 5) is 13.3. The van der Waals surface area contributed by atoms with Gasteiger partial charge in [-0.15, -0.1) is 11.3 Å². The van der Waals surface area contributed by atoms with Crippen LogP contribution in [0, 0.1) is 0 Å². The molecule has 0 saturated carbocycles. The molecular formula is C15H16O2S. The monoisotopic (exact) mass is 260 g/mol. The van der Waals surface area contributed by atoms with Gasteiger partial charge in [-0.3, -0.25) is 4.79 Å². The molecule has 0 atom stereocenters. The first kappa shape index (κ1) is 12.8. The number of ether oxygens (including phenoxy) is 1. The molecular weight excluding hydrogens is 244 g/mol. The van der Waals surface area contributed by atoms with E-state index in [2.05, 4.69) is 11.4 Å². The molecule has 0 aliphatic rings. The van der Waals surface area contributed by atoms with Crippen molar-refractivity contribution in [2.75, 3.05) is 7.11 Å². The Labute approximate surface area is 111 Å². The predicted octanol–water partition coefficient (Wildman–Crippen LogP) is 3.96. The standard InChI is InChI=1S/C15H16O2S/c1-17-13-6-2-5-12(11-13)15(16)9-3-7-14-8-4-10-18-14/h2,4-6,8,10-11H,3,7,9H2,1H3. The third kappa shape index (κ3) is 3.44. The van der Waals surface area contributed by atoms with E-state index in [4.69, 9.17) is 4.74 Å². The predicted molar refractivity (Wildman–Crippen MR) is 74.6 cm³/mol. The van der Waals surface area contributed by atoms with Gasteiger partial charge in [0.1, 0.15) is 5.75 Å². The van der Waals surface area contributed by atoms with Gasteiger partial charge in [0.25, 0.3) is 0 Å². The molecule has 2 aromatic rings. The Hall–Kier alpha value is -1.61. The van der Waals surface area contributed by atoms with Crippen molar-refractivity contribution in [3.63, 3.8) is 0 Å². The Morgan fingerprint density at radius 1 is 1.28 bits per heavy atom. The van der Waals surface area contributed by atoms with Crippen LogP contribution in [0.15, 0.2) is 41.8 Å². The third-order valence-corrected chi connectivity index (χ3v) is 3.74. The Kier molecular flexibility index (Phi) is 4.53. The Morgan fingerprint density at radius 2 is 2.17 bits per heavy atom. The zero-order chi connectivity index (χ0) is 12.8. The minimum Gasteiger partial charge on any atom is -0.497 e. The number of aryl methyl sites for hydroxylation is 1. The fourth-order valence-electron chi connectivity index (χ4n) is 1.82. The summed E-state index contributed by atoms with van der Waals surface area (Å²) >= 11 is 1.75. The van der Waals surface area contributed by atoms with E-state index >= 15 is 0 Å². The fourth-order valence-corrected chi connectivity index (χ4v) is 2.57. The summed E-state index contributed by atoms with van der Waals surface area (Å²) in [6.07, 6.45) is 2.47. The Balaban J connectivity index is 1.87. The average molecular weight is 260 g/mol. The number of carbonyl (C=O) groups is 1. The molecule has 3 heteroatoms. The molecule has 94 valence electrons. The van der Waals surface area contributed by atoms with Crippen LogP contribution in [0.5, 0.6) is 5.75 Å². The minimum absolute atomic E-state index is 0.186. The van der Waals surface area contributed by atoms with E-state index in [-0.39, 0.29) is 5.78 Å². The number of ketones is 1. The second-order valence-corrected chi connectivity index (χ2v) is 5.12. The number of carbonyl (C=O) groups excluding carboxylic acids is 1. The Morgan fingerprint density at radius 3 is 2.89 bits per heavy atom. The van der Waals surface area contributed by atoms with Crippen molar-refractivity contribution < 1.29 is 9.53 Å². The van der Waals surface area contributed by atoms with E-state index in [0.717, 1.165) is 24.2 Å². The molecule has 0 saturated heterocycles. The van der Waals surface area contributed by atoms with Gasteiger partial charge in [-0.2, -0.15) is 0 Å². The topological polar surface area (TPSA) is 26.3 Å². The SMILES string of the molecule is COc1cccc(C(=O)CCCc2cccs2)c1. The molecule has 0 aliphatic heterocycles. The van der Waals surface area contributed by atoms with Crippen LogP contribution in [0.25, 0.3) is 0 Å². The van der Waals surface area contributed by atoms with Crippen LogP contribution in [-0.4, -0.2) is 12.9 Å². The zero-order valence-electron chi connectivity index (χ0n) is 10.4.